The van der Waals surface area contributed by atoms with Gasteiger partial charge in [-0.1, -0.05) is 26.2 Å². The predicted octanol–water partition coefficient (Wildman–Crippen LogP) is 4.95. The Morgan fingerprint density at radius 3 is 2.14 bits per heavy atom. The van der Waals surface area contributed by atoms with Gasteiger partial charge >= 0.3 is 0 Å². The minimum atomic E-state index is 0.473. The largest absolute Gasteiger partial charge is 0.501 e. The van der Waals surface area contributed by atoms with E-state index in [2.05, 4.69) is 40.5 Å². The first-order valence-corrected chi connectivity index (χ1v) is 9.80. The average molecular weight is 415 g/mol. The molecule has 4 N–H and O–H groups in total. The highest BCUT2D eigenvalue weighted by atomic mass is 32.1. The Kier molecular flexibility index (Phi) is 8.22. The fraction of sp³-hybridized carbons (Fsp3) is 0.238. The van der Waals surface area contributed by atoms with Crippen molar-refractivity contribution in [1.29, 1.82) is 0 Å². The second kappa shape index (κ2) is 10.6. The lowest BCUT2D eigenvalue weighted by Gasteiger charge is -2.17. The summed E-state index contributed by atoms with van der Waals surface area (Å²) in [4.78, 5) is 0. The summed E-state index contributed by atoms with van der Waals surface area (Å²) in [5.74, 6) is 0.942. The molecule has 0 bridgehead atoms. The zero-order valence-corrected chi connectivity index (χ0v) is 17.9. The van der Waals surface area contributed by atoms with Crippen LogP contribution in [0, 0.1) is 0 Å². The summed E-state index contributed by atoms with van der Waals surface area (Å²) in [6, 6.07) is 7.66. The molecule has 0 radical (unpaired) electrons. The third kappa shape index (κ3) is 6.83. The van der Waals surface area contributed by atoms with Crippen molar-refractivity contribution < 1.29 is 4.74 Å². The van der Waals surface area contributed by atoms with Crippen molar-refractivity contribution in [2.75, 3.05) is 17.7 Å². The van der Waals surface area contributed by atoms with E-state index < -0.39 is 0 Å². The fourth-order valence-electron chi connectivity index (χ4n) is 2.47. The van der Waals surface area contributed by atoms with Gasteiger partial charge in [-0.15, -0.1) is 0 Å². The minimum absolute atomic E-state index is 0.473. The smallest absolute Gasteiger partial charge is 0.175 e. The fourth-order valence-corrected chi connectivity index (χ4v) is 2.97. The van der Waals surface area contributed by atoms with Crippen molar-refractivity contribution in [1.82, 2.24) is 10.6 Å². The van der Waals surface area contributed by atoms with Gasteiger partial charge in [0.05, 0.1) is 12.9 Å². The molecule has 5 nitrogen and oxygen atoms in total. The first kappa shape index (κ1) is 21.7. The van der Waals surface area contributed by atoms with Gasteiger partial charge in [-0.25, -0.2) is 0 Å². The highest BCUT2D eigenvalue weighted by Crippen LogP contribution is 2.21. The van der Waals surface area contributed by atoms with E-state index in [9.17, 15) is 0 Å². The summed E-state index contributed by atoms with van der Waals surface area (Å²) >= 11 is 10.6. The molecule has 148 valence electrons. The van der Waals surface area contributed by atoms with E-state index in [1.165, 1.54) is 0 Å². The van der Waals surface area contributed by atoms with Gasteiger partial charge in [0.2, 0.25) is 0 Å². The monoisotopic (exact) mass is 414 g/mol. The summed E-state index contributed by atoms with van der Waals surface area (Å²) in [6.07, 6.45) is 6.74. The van der Waals surface area contributed by atoms with Crippen LogP contribution in [-0.4, -0.2) is 17.3 Å². The van der Waals surface area contributed by atoms with Crippen LogP contribution in [0.15, 0.2) is 72.3 Å². The lowest BCUT2D eigenvalue weighted by atomic mass is 10.0. The molecule has 0 aliphatic heterocycles. The highest BCUT2D eigenvalue weighted by Gasteiger charge is 2.09. The molecule has 0 unspecified atom stereocenters. The Hall–Kier alpha value is -2.64. The van der Waals surface area contributed by atoms with Crippen LogP contribution >= 0.6 is 24.4 Å². The summed E-state index contributed by atoms with van der Waals surface area (Å²) in [6.45, 7) is 9.95. The lowest BCUT2D eigenvalue weighted by Crippen LogP contribution is -2.28. The molecule has 1 aromatic carbocycles. The van der Waals surface area contributed by atoms with E-state index in [0.717, 1.165) is 53.4 Å². The van der Waals surface area contributed by atoms with Gasteiger partial charge in [0, 0.05) is 29.2 Å². The van der Waals surface area contributed by atoms with E-state index in [-0.39, 0.29) is 0 Å². The molecule has 1 aliphatic rings. The second-order valence-corrected chi connectivity index (χ2v) is 7.00. The summed E-state index contributed by atoms with van der Waals surface area (Å²) in [5, 5.41) is 13.4. The van der Waals surface area contributed by atoms with E-state index in [4.69, 9.17) is 29.2 Å². The van der Waals surface area contributed by atoms with Gasteiger partial charge in [0.15, 0.2) is 10.2 Å². The molecule has 0 fully saturated rings. The molecule has 0 spiro atoms. The summed E-state index contributed by atoms with van der Waals surface area (Å²) < 4.78 is 5.32. The first-order chi connectivity index (χ1) is 13.4. The number of hydrogen-bond acceptors (Lipinski definition) is 3. The van der Waals surface area contributed by atoms with Crippen LogP contribution in [0.3, 0.4) is 0 Å². The number of allylic oxidation sites excluding steroid dienone is 4. The zero-order chi connectivity index (χ0) is 20.5. The molecular formula is C21H26N4OS2. The van der Waals surface area contributed by atoms with Crippen LogP contribution in [0.25, 0.3) is 0 Å². The van der Waals surface area contributed by atoms with Gasteiger partial charge in [-0.3, -0.25) is 0 Å². The van der Waals surface area contributed by atoms with Gasteiger partial charge in [-0.05, 0) is 73.2 Å². The molecule has 7 heteroatoms. The highest BCUT2D eigenvalue weighted by molar-refractivity contribution is 7.80. The van der Waals surface area contributed by atoms with Crippen molar-refractivity contribution in [3.63, 3.8) is 0 Å². The quantitative estimate of drug-likeness (QED) is 0.471. The van der Waals surface area contributed by atoms with Crippen LogP contribution in [0.1, 0.15) is 26.2 Å². The second-order valence-electron chi connectivity index (χ2n) is 6.18. The first-order valence-electron chi connectivity index (χ1n) is 8.99. The van der Waals surface area contributed by atoms with E-state index in [0.29, 0.717) is 10.2 Å². The number of benzene rings is 1. The third-order valence-corrected chi connectivity index (χ3v) is 4.47. The van der Waals surface area contributed by atoms with Gasteiger partial charge < -0.3 is 26.0 Å². The molecule has 1 aliphatic carbocycles. The van der Waals surface area contributed by atoms with Crippen molar-refractivity contribution in [2.24, 2.45) is 0 Å². The van der Waals surface area contributed by atoms with Crippen LogP contribution in [-0.2, 0) is 4.74 Å². The lowest BCUT2D eigenvalue weighted by molar-refractivity contribution is 0.276. The van der Waals surface area contributed by atoms with Crippen LogP contribution in [0.4, 0.5) is 11.4 Å². The number of rotatable bonds is 7. The number of thiocarbonyl (C=S) groups is 2. The Labute approximate surface area is 177 Å². The molecule has 0 aromatic heterocycles. The molecule has 0 saturated heterocycles. The molecule has 28 heavy (non-hydrogen) atoms. The number of ether oxygens (including phenoxy) is 1. The minimum Gasteiger partial charge on any atom is -0.501 e. The van der Waals surface area contributed by atoms with Crippen molar-refractivity contribution in [2.45, 2.75) is 26.2 Å². The maximum absolute atomic E-state index is 5.38. The normalized spacial score (nSPS) is 12.8. The van der Waals surface area contributed by atoms with Crippen LogP contribution in [0.2, 0.25) is 0 Å². The third-order valence-electron chi connectivity index (χ3n) is 4.06. The van der Waals surface area contributed by atoms with Gasteiger partial charge in [-0.2, -0.15) is 0 Å². The summed E-state index contributed by atoms with van der Waals surface area (Å²) in [5.41, 5.74) is 4.32. The standard InChI is InChI=1S/C21H26N4OS2/c1-5-14(2)22-20(27)24-17-9-11-18(12-10-17)25-21(28)23-15(3)16-7-6-8-19(13-16)26-4/h7,9-13H,2-3,5-6,8H2,1,4H3,(H2,22,24,27)(H2,23,25,28). The van der Waals surface area contributed by atoms with Crippen LogP contribution < -0.4 is 21.3 Å². The SMILES string of the molecule is C=C(CC)NC(=S)Nc1ccc(NC(=S)NC(=C)C2=CCCC(OC)=C2)cc1. The Morgan fingerprint density at radius 1 is 1.04 bits per heavy atom. The van der Waals surface area contributed by atoms with Crippen molar-refractivity contribution in [3.8, 4) is 0 Å². The predicted molar refractivity (Wildman–Crippen MR) is 126 cm³/mol. The molecule has 0 amide bonds. The summed E-state index contributed by atoms with van der Waals surface area (Å²) in [7, 11) is 1.68. The van der Waals surface area contributed by atoms with E-state index in [1.54, 1.807) is 7.11 Å². The van der Waals surface area contributed by atoms with Crippen molar-refractivity contribution in [3.05, 3.63) is 72.3 Å². The maximum atomic E-state index is 5.38. The molecule has 1 aromatic rings. The number of methoxy groups -OCH3 is 1. The number of nitrogens with one attached hydrogen (secondary N) is 4. The van der Waals surface area contributed by atoms with Gasteiger partial charge in [0.1, 0.15) is 0 Å². The topological polar surface area (TPSA) is 57.3 Å². The maximum Gasteiger partial charge on any atom is 0.175 e. The Balaban J connectivity index is 1.86. The Bertz CT molecular complexity index is 825. The Morgan fingerprint density at radius 2 is 1.61 bits per heavy atom. The van der Waals surface area contributed by atoms with E-state index >= 15 is 0 Å². The molecule has 0 saturated carbocycles. The zero-order valence-electron chi connectivity index (χ0n) is 16.2. The number of anilines is 2. The van der Waals surface area contributed by atoms with E-state index in [1.807, 2.05) is 37.3 Å². The van der Waals surface area contributed by atoms with Gasteiger partial charge in [0.25, 0.3) is 0 Å². The van der Waals surface area contributed by atoms with Crippen LogP contribution in [0.5, 0.6) is 0 Å². The molecule has 0 atom stereocenters. The molecule has 2 rings (SSSR count). The number of hydrogen-bond donors (Lipinski definition) is 4. The molecule has 0 heterocycles. The van der Waals surface area contributed by atoms with Crippen molar-refractivity contribution >= 4 is 46.0 Å². The average Bonchev–Trinajstić information content (AvgIpc) is 2.69. The molecular weight excluding hydrogens is 388 g/mol.